The maximum Gasteiger partial charge on any atom is 0.308 e. The van der Waals surface area contributed by atoms with Crippen molar-refractivity contribution in [2.24, 2.45) is 0 Å². The molecule has 3 aromatic rings. The molecular weight excluding hydrogens is 470 g/mol. The van der Waals surface area contributed by atoms with E-state index in [2.05, 4.69) is 0 Å². The first-order valence-electron chi connectivity index (χ1n) is 11.9. The molecule has 37 heavy (non-hydrogen) atoms. The third kappa shape index (κ3) is 4.72. The van der Waals surface area contributed by atoms with E-state index >= 15 is 0 Å². The van der Waals surface area contributed by atoms with Gasteiger partial charge in [-0.15, -0.1) is 0 Å². The molecule has 4 rings (SSSR count). The zero-order valence-corrected chi connectivity index (χ0v) is 21.7. The van der Waals surface area contributed by atoms with Crippen LogP contribution in [0.2, 0.25) is 0 Å². The Kier molecular flexibility index (Phi) is 6.90. The van der Waals surface area contributed by atoms with Gasteiger partial charge in [-0.05, 0) is 85.8 Å². The lowest BCUT2D eigenvalue weighted by Gasteiger charge is -2.26. The Morgan fingerprint density at radius 3 is 2.16 bits per heavy atom. The molecule has 1 amide bonds. The van der Waals surface area contributed by atoms with E-state index in [1.807, 2.05) is 45.9 Å². The Labute approximate surface area is 215 Å². The van der Waals surface area contributed by atoms with E-state index < -0.39 is 23.7 Å². The van der Waals surface area contributed by atoms with Crippen molar-refractivity contribution in [3.05, 3.63) is 93.6 Å². The van der Waals surface area contributed by atoms with E-state index in [-0.39, 0.29) is 11.3 Å². The number of ketones is 1. The fraction of sp³-hybridized carbons (Fsp3) is 0.233. The molecule has 7 nitrogen and oxygen atoms in total. The van der Waals surface area contributed by atoms with Crippen molar-refractivity contribution < 1.29 is 29.0 Å². The standard InChI is InChI=1S/C30H29NO6/c1-16-13-19(4)29(36-6)24(14-16)27(33)25-26(21-8-11-23(12-9-21)37-20(5)32)31(30(35)28(25)34)22-10-7-17(2)18(3)15-22/h7-15,26,33H,1-6H3/b27-25+. The van der Waals surface area contributed by atoms with Crippen LogP contribution in [0, 0.1) is 27.7 Å². The molecular formula is C30H29NO6. The van der Waals surface area contributed by atoms with Gasteiger partial charge in [-0.25, -0.2) is 0 Å². The summed E-state index contributed by atoms with van der Waals surface area (Å²) in [6, 6.07) is 14.8. The maximum absolute atomic E-state index is 13.5. The average molecular weight is 500 g/mol. The van der Waals surface area contributed by atoms with Crippen LogP contribution in [-0.2, 0) is 14.4 Å². The molecule has 1 fully saturated rings. The van der Waals surface area contributed by atoms with E-state index in [4.69, 9.17) is 9.47 Å². The summed E-state index contributed by atoms with van der Waals surface area (Å²) in [6.07, 6.45) is 0. The van der Waals surface area contributed by atoms with Crippen molar-refractivity contribution in [3.63, 3.8) is 0 Å². The van der Waals surface area contributed by atoms with Gasteiger partial charge in [0.25, 0.3) is 11.7 Å². The highest BCUT2D eigenvalue weighted by atomic mass is 16.5. The van der Waals surface area contributed by atoms with Crippen molar-refractivity contribution in [2.45, 2.75) is 40.7 Å². The van der Waals surface area contributed by atoms with Crippen molar-refractivity contribution in [1.29, 1.82) is 0 Å². The van der Waals surface area contributed by atoms with Crippen molar-refractivity contribution in [2.75, 3.05) is 12.0 Å². The minimum atomic E-state index is -0.918. The van der Waals surface area contributed by atoms with E-state index in [0.29, 0.717) is 28.3 Å². The summed E-state index contributed by atoms with van der Waals surface area (Å²) in [5.41, 5.74) is 5.04. The number of nitrogens with zero attached hydrogens (tertiary/aromatic N) is 1. The number of Topliss-reactive ketones (excluding diaryl/α,β-unsaturated/α-hetero) is 1. The number of hydrogen-bond donors (Lipinski definition) is 1. The number of esters is 1. The monoisotopic (exact) mass is 499 g/mol. The zero-order chi connectivity index (χ0) is 27.0. The lowest BCUT2D eigenvalue weighted by atomic mass is 9.93. The summed E-state index contributed by atoms with van der Waals surface area (Å²) in [4.78, 5) is 39.7. The van der Waals surface area contributed by atoms with Gasteiger partial charge in [0, 0.05) is 12.6 Å². The Morgan fingerprint density at radius 2 is 1.57 bits per heavy atom. The van der Waals surface area contributed by atoms with Gasteiger partial charge in [0.15, 0.2) is 0 Å². The number of benzene rings is 3. The predicted octanol–water partition coefficient (Wildman–Crippen LogP) is 5.48. The topological polar surface area (TPSA) is 93.1 Å². The Bertz CT molecular complexity index is 1450. The molecule has 1 saturated heterocycles. The van der Waals surface area contributed by atoms with Crippen LogP contribution in [0.5, 0.6) is 11.5 Å². The third-order valence-corrected chi connectivity index (χ3v) is 6.55. The van der Waals surface area contributed by atoms with Crippen LogP contribution in [0.25, 0.3) is 5.76 Å². The lowest BCUT2D eigenvalue weighted by molar-refractivity contribution is -0.132. The molecule has 0 saturated carbocycles. The highest BCUT2D eigenvalue weighted by Crippen LogP contribution is 2.44. The minimum Gasteiger partial charge on any atom is -0.507 e. The molecule has 3 aromatic carbocycles. The van der Waals surface area contributed by atoms with E-state index in [0.717, 1.165) is 22.3 Å². The first-order chi connectivity index (χ1) is 17.5. The highest BCUT2D eigenvalue weighted by Gasteiger charge is 2.47. The van der Waals surface area contributed by atoms with Gasteiger partial charge in [-0.1, -0.05) is 24.3 Å². The average Bonchev–Trinajstić information content (AvgIpc) is 3.10. The highest BCUT2D eigenvalue weighted by molar-refractivity contribution is 6.51. The molecule has 0 bridgehead atoms. The molecule has 0 spiro atoms. The molecule has 1 heterocycles. The first kappa shape index (κ1) is 25.7. The lowest BCUT2D eigenvalue weighted by Crippen LogP contribution is -2.29. The van der Waals surface area contributed by atoms with Crippen LogP contribution in [0.4, 0.5) is 5.69 Å². The Morgan fingerprint density at radius 1 is 0.892 bits per heavy atom. The smallest absolute Gasteiger partial charge is 0.308 e. The number of carbonyl (C=O) groups is 3. The molecule has 1 aliphatic heterocycles. The molecule has 1 unspecified atom stereocenters. The fourth-order valence-electron chi connectivity index (χ4n) is 4.72. The molecule has 7 heteroatoms. The van der Waals surface area contributed by atoms with Gasteiger partial charge in [0.1, 0.15) is 17.3 Å². The number of hydrogen-bond acceptors (Lipinski definition) is 6. The van der Waals surface area contributed by atoms with Gasteiger partial charge in [0.05, 0.1) is 24.3 Å². The number of aliphatic hydroxyl groups excluding tert-OH is 1. The molecule has 1 N–H and O–H groups in total. The van der Waals surface area contributed by atoms with Gasteiger partial charge in [0.2, 0.25) is 0 Å². The number of carbonyl (C=O) groups excluding carboxylic acids is 3. The second-order valence-corrected chi connectivity index (χ2v) is 9.26. The number of aliphatic hydroxyl groups is 1. The molecule has 0 radical (unpaired) electrons. The number of anilines is 1. The van der Waals surface area contributed by atoms with Gasteiger partial charge in [-0.3, -0.25) is 19.3 Å². The van der Waals surface area contributed by atoms with E-state index in [1.165, 1.54) is 18.9 Å². The predicted molar refractivity (Wildman–Crippen MR) is 141 cm³/mol. The zero-order valence-electron chi connectivity index (χ0n) is 21.7. The molecule has 0 aliphatic carbocycles. The largest absolute Gasteiger partial charge is 0.507 e. The van der Waals surface area contributed by atoms with Crippen LogP contribution in [0.3, 0.4) is 0 Å². The molecule has 0 aromatic heterocycles. The first-order valence-corrected chi connectivity index (χ1v) is 11.9. The van der Waals surface area contributed by atoms with Crippen LogP contribution in [0.15, 0.2) is 60.2 Å². The second-order valence-electron chi connectivity index (χ2n) is 9.26. The summed E-state index contributed by atoms with van der Waals surface area (Å²) in [5, 5.41) is 11.6. The quantitative estimate of drug-likeness (QED) is 0.164. The summed E-state index contributed by atoms with van der Waals surface area (Å²) >= 11 is 0. The van der Waals surface area contributed by atoms with Crippen LogP contribution in [-0.4, -0.2) is 29.9 Å². The number of amides is 1. The van der Waals surface area contributed by atoms with Crippen LogP contribution >= 0.6 is 0 Å². The minimum absolute atomic E-state index is 0.0493. The van der Waals surface area contributed by atoms with Crippen molar-refractivity contribution in [3.8, 4) is 11.5 Å². The Hall–Kier alpha value is -4.39. The van der Waals surface area contributed by atoms with Crippen LogP contribution < -0.4 is 14.4 Å². The van der Waals surface area contributed by atoms with Gasteiger partial charge < -0.3 is 14.6 Å². The number of rotatable bonds is 5. The SMILES string of the molecule is COc1c(C)cc(C)cc1/C(O)=C1\C(=O)C(=O)N(c2ccc(C)c(C)c2)C1c1ccc(OC(C)=O)cc1. The number of ether oxygens (including phenoxy) is 2. The second kappa shape index (κ2) is 9.93. The molecule has 1 aliphatic rings. The summed E-state index contributed by atoms with van der Waals surface area (Å²) in [6.45, 7) is 8.92. The number of aryl methyl sites for hydroxylation is 4. The summed E-state index contributed by atoms with van der Waals surface area (Å²) in [5.74, 6) is -1.58. The normalized spacial score (nSPS) is 16.7. The molecule has 1 atom stereocenters. The Balaban J connectivity index is 1.98. The summed E-state index contributed by atoms with van der Waals surface area (Å²) in [7, 11) is 1.49. The fourth-order valence-corrected chi connectivity index (χ4v) is 4.72. The van der Waals surface area contributed by atoms with E-state index in [9.17, 15) is 19.5 Å². The molecule has 190 valence electrons. The summed E-state index contributed by atoms with van der Waals surface area (Å²) < 4.78 is 10.7. The van der Waals surface area contributed by atoms with E-state index in [1.54, 1.807) is 36.4 Å². The van der Waals surface area contributed by atoms with Crippen molar-refractivity contribution >= 4 is 29.1 Å². The number of methoxy groups -OCH3 is 1. The van der Waals surface area contributed by atoms with Gasteiger partial charge in [-0.2, -0.15) is 0 Å². The van der Waals surface area contributed by atoms with Crippen molar-refractivity contribution in [1.82, 2.24) is 0 Å². The van der Waals surface area contributed by atoms with Crippen LogP contribution in [0.1, 0.15) is 46.3 Å². The van der Waals surface area contributed by atoms with Gasteiger partial charge >= 0.3 is 5.97 Å². The third-order valence-electron chi connectivity index (χ3n) is 6.55. The maximum atomic E-state index is 13.5.